The predicted octanol–water partition coefficient (Wildman–Crippen LogP) is 3.64. The highest BCUT2D eigenvalue weighted by molar-refractivity contribution is 6.30. The molecule has 7 heteroatoms. The number of aromatic nitrogens is 3. The molecule has 0 fully saturated rings. The van der Waals surface area contributed by atoms with Gasteiger partial charge in [0.2, 0.25) is 0 Å². The lowest BCUT2D eigenvalue weighted by Crippen LogP contribution is -2.05. The lowest BCUT2D eigenvalue weighted by Gasteiger charge is -2.09. The highest BCUT2D eigenvalue weighted by atomic mass is 35.5. The number of benzene rings is 1. The summed E-state index contributed by atoms with van der Waals surface area (Å²) in [4.78, 5) is 12.1. The number of hydrogen-bond donors (Lipinski definition) is 1. The maximum Gasteiger partial charge on any atom is 0.181 e. The molecule has 0 radical (unpaired) electrons. The molecule has 0 saturated heterocycles. The molecule has 2 N–H and O–H groups in total. The molecule has 2 heterocycles. The maximum atomic E-state index is 13.8. The van der Waals surface area contributed by atoms with Crippen molar-refractivity contribution in [2.45, 2.75) is 6.42 Å². The summed E-state index contributed by atoms with van der Waals surface area (Å²) in [5, 5.41) is 0.113. The summed E-state index contributed by atoms with van der Waals surface area (Å²) < 4.78 is 26.7. The highest BCUT2D eigenvalue weighted by Crippen LogP contribution is 2.26. The summed E-state index contributed by atoms with van der Waals surface area (Å²) in [6.07, 6.45) is 1.23. The van der Waals surface area contributed by atoms with Gasteiger partial charge in [-0.05, 0) is 23.8 Å². The van der Waals surface area contributed by atoms with E-state index in [1.165, 1.54) is 18.2 Å². The van der Waals surface area contributed by atoms with Crippen molar-refractivity contribution in [3.05, 3.63) is 70.5 Å². The molecule has 0 aliphatic rings. The Morgan fingerprint density at radius 3 is 2.48 bits per heavy atom. The van der Waals surface area contributed by atoms with Gasteiger partial charge in [0.05, 0.1) is 6.20 Å². The van der Waals surface area contributed by atoms with Gasteiger partial charge in [0.15, 0.2) is 5.82 Å². The summed E-state index contributed by atoms with van der Waals surface area (Å²) in [6.45, 7) is 0. The first-order valence-electron chi connectivity index (χ1n) is 6.72. The van der Waals surface area contributed by atoms with Gasteiger partial charge in [-0.15, -0.1) is 0 Å². The van der Waals surface area contributed by atoms with E-state index >= 15 is 0 Å². The van der Waals surface area contributed by atoms with Gasteiger partial charge in [0, 0.05) is 12.0 Å². The van der Waals surface area contributed by atoms with Crippen molar-refractivity contribution in [1.29, 1.82) is 0 Å². The fraction of sp³-hybridized carbons (Fsp3) is 0.0625. The third-order valence-electron chi connectivity index (χ3n) is 3.27. The van der Waals surface area contributed by atoms with Crippen LogP contribution >= 0.6 is 11.6 Å². The van der Waals surface area contributed by atoms with Crippen LogP contribution in [0.25, 0.3) is 11.5 Å². The van der Waals surface area contributed by atoms with E-state index in [2.05, 4.69) is 15.0 Å². The fourth-order valence-electron chi connectivity index (χ4n) is 2.09. The topological polar surface area (TPSA) is 64.7 Å². The van der Waals surface area contributed by atoms with Gasteiger partial charge in [0.25, 0.3) is 0 Å². The summed E-state index contributed by atoms with van der Waals surface area (Å²) in [6, 6.07) is 8.99. The maximum absolute atomic E-state index is 13.8. The Morgan fingerprint density at radius 2 is 1.83 bits per heavy atom. The molecule has 0 aliphatic heterocycles. The minimum absolute atomic E-state index is 0.113. The van der Waals surface area contributed by atoms with E-state index in [-0.39, 0.29) is 29.0 Å². The Hall–Kier alpha value is -2.60. The number of halogens is 3. The Morgan fingerprint density at radius 1 is 1.04 bits per heavy atom. The zero-order valence-corrected chi connectivity index (χ0v) is 12.6. The third kappa shape index (κ3) is 3.27. The van der Waals surface area contributed by atoms with E-state index in [0.29, 0.717) is 16.8 Å². The number of anilines is 1. The standard InChI is InChI=1S/C16H11ClF2N4/c17-14-11(7-9-3-1-2-4-12(9)19)15(20)23-16(22-14)13-6-5-10(18)8-21-13/h1-6,8H,7H2,(H2,20,22,23). The van der Waals surface area contributed by atoms with Crippen LogP contribution < -0.4 is 5.73 Å². The average Bonchev–Trinajstić information content (AvgIpc) is 2.53. The van der Waals surface area contributed by atoms with Crippen LogP contribution in [0.4, 0.5) is 14.6 Å². The van der Waals surface area contributed by atoms with Gasteiger partial charge in [-0.25, -0.2) is 23.7 Å². The molecule has 3 aromatic rings. The Labute approximate surface area is 136 Å². The number of nitrogens with zero attached hydrogens (tertiary/aromatic N) is 3. The minimum Gasteiger partial charge on any atom is -0.383 e. The molecule has 0 saturated carbocycles. The summed E-state index contributed by atoms with van der Waals surface area (Å²) in [5.74, 6) is -0.504. The molecule has 0 amide bonds. The molecular weight excluding hydrogens is 322 g/mol. The predicted molar refractivity (Wildman–Crippen MR) is 83.8 cm³/mol. The number of rotatable bonds is 3. The smallest absolute Gasteiger partial charge is 0.181 e. The second-order valence-electron chi connectivity index (χ2n) is 4.83. The number of pyridine rings is 1. The van der Waals surface area contributed by atoms with Crippen LogP contribution in [0.1, 0.15) is 11.1 Å². The molecule has 0 unspecified atom stereocenters. The second-order valence-corrected chi connectivity index (χ2v) is 5.19. The van der Waals surface area contributed by atoms with Gasteiger partial charge in [-0.1, -0.05) is 29.8 Å². The molecule has 0 spiro atoms. The van der Waals surface area contributed by atoms with Gasteiger partial charge in [-0.3, -0.25) is 0 Å². The SMILES string of the molecule is Nc1nc(-c2ccc(F)cn2)nc(Cl)c1Cc1ccccc1F. The quantitative estimate of drug-likeness (QED) is 0.744. The Bertz CT molecular complexity index is 830. The zero-order valence-electron chi connectivity index (χ0n) is 11.8. The van der Waals surface area contributed by atoms with Crippen molar-refractivity contribution in [2.75, 3.05) is 5.73 Å². The molecule has 4 nitrogen and oxygen atoms in total. The first kappa shape index (κ1) is 15.3. The van der Waals surface area contributed by atoms with E-state index in [1.54, 1.807) is 18.2 Å². The average molecular weight is 333 g/mol. The summed E-state index contributed by atoms with van der Waals surface area (Å²) in [5.41, 5.74) is 7.15. The Kier molecular flexibility index (Phi) is 4.16. The first-order valence-corrected chi connectivity index (χ1v) is 7.09. The highest BCUT2D eigenvalue weighted by Gasteiger charge is 2.15. The molecule has 2 aromatic heterocycles. The van der Waals surface area contributed by atoms with Crippen LogP contribution in [0.15, 0.2) is 42.6 Å². The van der Waals surface area contributed by atoms with Gasteiger partial charge in [0.1, 0.15) is 28.3 Å². The van der Waals surface area contributed by atoms with E-state index < -0.39 is 5.82 Å². The van der Waals surface area contributed by atoms with Crippen LogP contribution in [0.2, 0.25) is 5.15 Å². The normalized spacial score (nSPS) is 10.7. The summed E-state index contributed by atoms with van der Waals surface area (Å²) >= 11 is 6.16. The van der Waals surface area contributed by atoms with Crippen LogP contribution in [0.3, 0.4) is 0 Å². The van der Waals surface area contributed by atoms with Crippen molar-refractivity contribution in [1.82, 2.24) is 15.0 Å². The van der Waals surface area contributed by atoms with Crippen molar-refractivity contribution in [3.63, 3.8) is 0 Å². The minimum atomic E-state index is -0.469. The van der Waals surface area contributed by atoms with E-state index in [0.717, 1.165) is 6.20 Å². The second kappa shape index (κ2) is 6.26. The lowest BCUT2D eigenvalue weighted by atomic mass is 10.1. The van der Waals surface area contributed by atoms with Crippen LogP contribution in [0.5, 0.6) is 0 Å². The molecule has 0 bridgehead atoms. The Balaban J connectivity index is 1.98. The number of hydrogen-bond acceptors (Lipinski definition) is 4. The summed E-state index contributed by atoms with van der Waals surface area (Å²) in [7, 11) is 0. The fourth-order valence-corrected chi connectivity index (χ4v) is 2.33. The van der Waals surface area contributed by atoms with Crippen LogP contribution in [-0.2, 0) is 6.42 Å². The van der Waals surface area contributed by atoms with Gasteiger partial charge < -0.3 is 5.73 Å². The molecule has 0 atom stereocenters. The third-order valence-corrected chi connectivity index (χ3v) is 3.58. The van der Waals surface area contributed by atoms with Gasteiger partial charge in [-0.2, -0.15) is 0 Å². The molecular formula is C16H11ClF2N4. The van der Waals surface area contributed by atoms with Crippen molar-refractivity contribution in [3.8, 4) is 11.5 Å². The van der Waals surface area contributed by atoms with Crippen LogP contribution in [-0.4, -0.2) is 15.0 Å². The van der Waals surface area contributed by atoms with E-state index in [1.807, 2.05) is 0 Å². The molecule has 23 heavy (non-hydrogen) atoms. The molecule has 3 rings (SSSR count). The molecule has 0 aliphatic carbocycles. The van der Waals surface area contributed by atoms with Gasteiger partial charge >= 0.3 is 0 Å². The van der Waals surface area contributed by atoms with Crippen molar-refractivity contribution >= 4 is 17.4 Å². The lowest BCUT2D eigenvalue weighted by molar-refractivity contribution is 0.614. The molecule has 1 aromatic carbocycles. The van der Waals surface area contributed by atoms with Crippen molar-refractivity contribution in [2.24, 2.45) is 0 Å². The van der Waals surface area contributed by atoms with Crippen LogP contribution in [0, 0.1) is 11.6 Å². The van der Waals surface area contributed by atoms with E-state index in [4.69, 9.17) is 17.3 Å². The zero-order chi connectivity index (χ0) is 16.4. The monoisotopic (exact) mass is 332 g/mol. The first-order chi connectivity index (χ1) is 11.0. The largest absolute Gasteiger partial charge is 0.383 e. The number of nitrogen functional groups attached to an aromatic ring is 1. The van der Waals surface area contributed by atoms with Crippen molar-refractivity contribution < 1.29 is 8.78 Å². The molecule has 116 valence electrons. The number of nitrogens with two attached hydrogens (primary N) is 1. The van der Waals surface area contributed by atoms with E-state index in [9.17, 15) is 8.78 Å².